The molecule has 66 valence electrons. The average molecular weight is 182 g/mol. The average Bonchev–Trinajstić information content (AvgIpc) is 2.55. The molecule has 1 fully saturated rings. The Morgan fingerprint density at radius 1 is 1.08 bits per heavy atom. The van der Waals surface area contributed by atoms with E-state index in [9.17, 15) is 4.57 Å². The molecule has 0 atom stereocenters. The molecule has 0 saturated carbocycles. The van der Waals surface area contributed by atoms with Gasteiger partial charge in [-0.05, 0) is 19.3 Å². The maximum Gasteiger partial charge on any atom is 0.0978 e. The van der Waals surface area contributed by atoms with Crippen molar-refractivity contribution in [1.29, 1.82) is 0 Å². The fourth-order valence-electron chi connectivity index (χ4n) is 2.06. The first kappa shape index (κ1) is 8.31. The van der Waals surface area contributed by atoms with Crippen LogP contribution in [0.3, 0.4) is 0 Å². The summed E-state index contributed by atoms with van der Waals surface area (Å²) < 4.78 is 12.3. The normalized spacial score (nSPS) is 28.0. The molecule has 0 aromatic heterocycles. The minimum absolute atomic E-state index is 0.286. The molecule has 0 spiro atoms. The third-order valence-electron chi connectivity index (χ3n) is 2.81. The number of hydrogen-bond acceptors (Lipinski definition) is 1. The highest BCUT2D eigenvalue weighted by atomic mass is 31.2. The number of hydrogen-bond donors (Lipinski definition) is 0. The van der Waals surface area contributed by atoms with Crippen LogP contribution in [0.15, 0.2) is 24.3 Å². The van der Waals surface area contributed by atoms with Gasteiger partial charge in [-0.2, -0.15) is 0 Å². The molecule has 0 amide bonds. The molecular formula is C10H15OP. The molecule has 0 radical (unpaired) electrons. The molecule has 0 N–H and O–H groups in total. The van der Waals surface area contributed by atoms with Crippen molar-refractivity contribution in [1.82, 2.24) is 0 Å². The molecule has 0 aromatic rings. The van der Waals surface area contributed by atoms with Crippen molar-refractivity contribution in [3.8, 4) is 0 Å². The lowest BCUT2D eigenvalue weighted by Crippen LogP contribution is -2.05. The van der Waals surface area contributed by atoms with Crippen molar-refractivity contribution in [3.05, 3.63) is 24.3 Å². The van der Waals surface area contributed by atoms with Gasteiger partial charge in [0.05, 0.1) is 7.14 Å². The van der Waals surface area contributed by atoms with Crippen LogP contribution in [0.2, 0.25) is 0 Å². The van der Waals surface area contributed by atoms with Gasteiger partial charge >= 0.3 is 0 Å². The van der Waals surface area contributed by atoms with Crippen molar-refractivity contribution < 1.29 is 4.57 Å². The molecular weight excluding hydrogens is 167 g/mol. The Balaban J connectivity index is 2.16. The molecule has 0 unspecified atom stereocenters. The van der Waals surface area contributed by atoms with Crippen LogP contribution in [-0.2, 0) is 4.57 Å². The van der Waals surface area contributed by atoms with Crippen LogP contribution in [0.25, 0.3) is 0 Å². The summed E-state index contributed by atoms with van der Waals surface area (Å²) in [6, 6.07) is 0. The zero-order valence-corrected chi connectivity index (χ0v) is 8.17. The molecule has 1 saturated heterocycles. The standard InChI is InChI=1S/C10H15OP/c11-12(8-4-5-9-12)10-6-2-1-3-7-10/h2-3,6-7,10H,1,4-5,8-9H2. The second-order valence-corrected chi connectivity index (χ2v) is 7.08. The first-order valence-electron chi connectivity index (χ1n) is 4.72. The van der Waals surface area contributed by atoms with Gasteiger partial charge in [-0.1, -0.05) is 24.3 Å². The van der Waals surface area contributed by atoms with E-state index in [0.717, 1.165) is 18.7 Å². The highest BCUT2D eigenvalue weighted by Gasteiger charge is 2.32. The Hall–Kier alpha value is -0.290. The van der Waals surface area contributed by atoms with Crippen molar-refractivity contribution in [3.63, 3.8) is 0 Å². The predicted molar refractivity (Wildman–Crippen MR) is 53.3 cm³/mol. The van der Waals surface area contributed by atoms with E-state index in [0.29, 0.717) is 0 Å². The first-order valence-corrected chi connectivity index (χ1v) is 6.87. The lowest BCUT2D eigenvalue weighted by Gasteiger charge is -2.19. The Morgan fingerprint density at radius 2 is 1.67 bits per heavy atom. The largest absolute Gasteiger partial charge is 0.323 e. The highest BCUT2D eigenvalue weighted by Crippen LogP contribution is 2.57. The smallest absolute Gasteiger partial charge is 0.0978 e. The minimum atomic E-state index is -1.82. The Bertz CT molecular complexity index is 243. The van der Waals surface area contributed by atoms with E-state index in [4.69, 9.17) is 0 Å². The summed E-state index contributed by atoms with van der Waals surface area (Å²) >= 11 is 0. The van der Waals surface area contributed by atoms with E-state index in [1.54, 1.807) is 0 Å². The van der Waals surface area contributed by atoms with Crippen LogP contribution < -0.4 is 0 Å². The molecule has 1 heterocycles. The molecule has 2 heteroatoms. The van der Waals surface area contributed by atoms with E-state index in [1.807, 2.05) is 0 Å². The first-order chi connectivity index (χ1) is 5.81. The van der Waals surface area contributed by atoms with Crippen LogP contribution in [0.1, 0.15) is 19.3 Å². The molecule has 0 bridgehead atoms. The van der Waals surface area contributed by atoms with E-state index in [-0.39, 0.29) is 5.66 Å². The van der Waals surface area contributed by atoms with Crippen molar-refractivity contribution in [2.24, 2.45) is 0 Å². The predicted octanol–water partition coefficient (Wildman–Crippen LogP) is 3.03. The summed E-state index contributed by atoms with van der Waals surface area (Å²) in [6.07, 6.45) is 13.9. The van der Waals surface area contributed by atoms with E-state index < -0.39 is 7.14 Å². The van der Waals surface area contributed by atoms with Crippen molar-refractivity contribution in [2.75, 3.05) is 12.3 Å². The lowest BCUT2D eigenvalue weighted by atomic mass is 10.2. The Morgan fingerprint density at radius 3 is 2.25 bits per heavy atom. The SMILES string of the molecule is O=P1(C2C=CCC=C2)CCCC1. The Kier molecular flexibility index (Phi) is 2.23. The summed E-state index contributed by atoms with van der Waals surface area (Å²) in [5, 5.41) is 0. The zero-order chi connectivity index (χ0) is 8.44. The van der Waals surface area contributed by atoms with Gasteiger partial charge in [0.1, 0.15) is 0 Å². The molecule has 1 nitrogen and oxygen atoms in total. The van der Waals surface area contributed by atoms with Crippen LogP contribution in [-0.4, -0.2) is 18.0 Å². The summed E-state index contributed by atoms with van der Waals surface area (Å²) in [4.78, 5) is 0. The van der Waals surface area contributed by atoms with Gasteiger partial charge in [-0.15, -0.1) is 0 Å². The summed E-state index contributed by atoms with van der Waals surface area (Å²) in [5.74, 6) is 0. The van der Waals surface area contributed by atoms with E-state index in [1.165, 1.54) is 12.8 Å². The fraction of sp³-hybridized carbons (Fsp3) is 0.600. The molecule has 2 rings (SSSR count). The maximum absolute atomic E-state index is 12.3. The van der Waals surface area contributed by atoms with Gasteiger partial charge < -0.3 is 4.57 Å². The second-order valence-electron chi connectivity index (χ2n) is 3.69. The molecule has 1 aliphatic carbocycles. The third kappa shape index (κ3) is 1.43. The van der Waals surface area contributed by atoms with E-state index in [2.05, 4.69) is 24.3 Å². The van der Waals surface area contributed by atoms with Gasteiger partial charge in [0.25, 0.3) is 0 Å². The van der Waals surface area contributed by atoms with Crippen molar-refractivity contribution in [2.45, 2.75) is 24.9 Å². The number of allylic oxidation sites excluding steroid dienone is 4. The molecule has 1 aliphatic heterocycles. The molecule has 0 aromatic carbocycles. The topological polar surface area (TPSA) is 17.1 Å². The lowest BCUT2D eigenvalue weighted by molar-refractivity contribution is 0.577. The monoisotopic (exact) mass is 182 g/mol. The second kappa shape index (κ2) is 3.22. The van der Waals surface area contributed by atoms with Gasteiger partial charge in [-0.25, -0.2) is 0 Å². The summed E-state index contributed by atoms with van der Waals surface area (Å²) in [7, 11) is -1.82. The third-order valence-corrected chi connectivity index (χ3v) is 6.38. The summed E-state index contributed by atoms with van der Waals surface area (Å²) in [5.41, 5.74) is 0.286. The van der Waals surface area contributed by atoms with Gasteiger partial charge in [0, 0.05) is 18.0 Å². The summed E-state index contributed by atoms with van der Waals surface area (Å²) in [6.45, 7) is 0. The molecule has 2 aliphatic rings. The number of rotatable bonds is 1. The van der Waals surface area contributed by atoms with Gasteiger partial charge in [0.15, 0.2) is 0 Å². The van der Waals surface area contributed by atoms with E-state index >= 15 is 0 Å². The van der Waals surface area contributed by atoms with Gasteiger partial charge in [-0.3, -0.25) is 0 Å². The minimum Gasteiger partial charge on any atom is -0.323 e. The quantitative estimate of drug-likeness (QED) is 0.450. The van der Waals surface area contributed by atoms with Crippen LogP contribution in [0, 0.1) is 0 Å². The van der Waals surface area contributed by atoms with Crippen molar-refractivity contribution >= 4 is 7.14 Å². The maximum atomic E-state index is 12.3. The fourth-order valence-corrected chi connectivity index (χ4v) is 5.27. The van der Waals surface area contributed by atoms with Crippen LogP contribution in [0.5, 0.6) is 0 Å². The Labute approximate surface area is 73.9 Å². The van der Waals surface area contributed by atoms with Crippen LogP contribution >= 0.6 is 7.14 Å². The molecule has 12 heavy (non-hydrogen) atoms. The van der Waals surface area contributed by atoms with Gasteiger partial charge in [0.2, 0.25) is 0 Å². The highest BCUT2D eigenvalue weighted by molar-refractivity contribution is 7.65. The zero-order valence-electron chi connectivity index (χ0n) is 7.28. The van der Waals surface area contributed by atoms with Crippen LogP contribution in [0.4, 0.5) is 0 Å².